The molecule has 0 spiro atoms. The second kappa shape index (κ2) is 7.36. The molecule has 0 saturated carbocycles. The third kappa shape index (κ3) is 4.64. The molecule has 102 valence electrons. The number of anilines is 2. The lowest BCUT2D eigenvalue weighted by molar-refractivity contribution is 0.555. The van der Waals surface area contributed by atoms with E-state index in [0.29, 0.717) is 17.8 Å². The van der Waals surface area contributed by atoms with Gasteiger partial charge in [0.15, 0.2) is 0 Å². The second-order valence-electron chi connectivity index (χ2n) is 4.55. The zero-order valence-corrected chi connectivity index (χ0v) is 12.3. The highest BCUT2D eigenvalue weighted by atomic mass is 35.5. The maximum absolute atomic E-state index is 5.91. The van der Waals surface area contributed by atoms with Crippen molar-refractivity contribution >= 4 is 23.5 Å². The lowest BCUT2D eigenvalue weighted by atomic mass is 10.1. The SMILES string of the molecule is CCCNc1nc(Cl)nc(N(C)CC(C)CC)n1. The highest BCUT2D eigenvalue weighted by molar-refractivity contribution is 6.28. The minimum absolute atomic E-state index is 0.231. The summed E-state index contributed by atoms with van der Waals surface area (Å²) in [6.45, 7) is 8.20. The molecule has 6 heteroatoms. The predicted molar refractivity (Wildman–Crippen MR) is 76.3 cm³/mol. The molecule has 1 N–H and O–H groups in total. The highest BCUT2D eigenvalue weighted by Crippen LogP contribution is 2.14. The van der Waals surface area contributed by atoms with Gasteiger partial charge >= 0.3 is 0 Å². The molecular formula is C12H22ClN5. The van der Waals surface area contributed by atoms with Crippen LogP contribution in [0.25, 0.3) is 0 Å². The van der Waals surface area contributed by atoms with Crippen molar-refractivity contribution in [3.05, 3.63) is 5.28 Å². The van der Waals surface area contributed by atoms with Crippen LogP contribution in [0.4, 0.5) is 11.9 Å². The van der Waals surface area contributed by atoms with Gasteiger partial charge < -0.3 is 10.2 Å². The molecule has 0 radical (unpaired) electrons. The maximum atomic E-state index is 5.91. The molecule has 1 unspecified atom stereocenters. The van der Waals surface area contributed by atoms with Gasteiger partial charge in [0.1, 0.15) is 0 Å². The molecule has 5 nitrogen and oxygen atoms in total. The summed E-state index contributed by atoms with van der Waals surface area (Å²) in [6, 6.07) is 0. The van der Waals surface area contributed by atoms with E-state index in [1.54, 1.807) is 0 Å². The summed E-state index contributed by atoms with van der Waals surface area (Å²) in [5.74, 6) is 1.76. The Labute approximate surface area is 114 Å². The first-order chi connectivity index (χ1) is 8.56. The number of rotatable bonds is 7. The van der Waals surface area contributed by atoms with Crippen LogP contribution in [0, 0.1) is 5.92 Å². The van der Waals surface area contributed by atoms with Gasteiger partial charge in [-0.05, 0) is 23.9 Å². The number of nitrogens with one attached hydrogen (secondary N) is 1. The molecule has 0 bridgehead atoms. The van der Waals surface area contributed by atoms with Crippen LogP contribution in [0.3, 0.4) is 0 Å². The van der Waals surface area contributed by atoms with Crippen LogP contribution in [0.2, 0.25) is 5.28 Å². The van der Waals surface area contributed by atoms with E-state index in [4.69, 9.17) is 11.6 Å². The Balaban J connectivity index is 2.77. The highest BCUT2D eigenvalue weighted by Gasteiger charge is 2.11. The molecule has 0 saturated heterocycles. The molecule has 0 aliphatic rings. The molecular weight excluding hydrogens is 250 g/mol. The predicted octanol–water partition coefficient (Wildman–Crippen LogP) is 2.83. The first-order valence-corrected chi connectivity index (χ1v) is 6.81. The Morgan fingerprint density at radius 3 is 2.61 bits per heavy atom. The van der Waals surface area contributed by atoms with Gasteiger partial charge in [0.25, 0.3) is 0 Å². The Hall–Kier alpha value is -1.10. The van der Waals surface area contributed by atoms with Gasteiger partial charge in [-0.3, -0.25) is 0 Å². The molecule has 0 aliphatic carbocycles. The summed E-state index contributed by atoms with van der Waals surface area (Å²) in [6.07, 6.45) is 2.14. The zero-order chi connectivity index (χ0) is 13.5. The monoisotopic (exact) mass is 271 g/mol. The third-order valence-electron chi connectivity index (χ3n) is 2.75. The van der Waals surface area contributed by atoms with Crippen molar-refractivity contribution in [3.8, 4) is 0 Å². The van der Waals surface area contributed by atoms with E-state index >= 15 is 0 Å². The van der Waals surface area contributed by atoms with Crippen molar-refractivity contribution in [2.24, 2.45) is 5.92 Å². The van der Waals surface area contributed by atoms with Crippen molar-refractivity contribution in [1.29, 1.82) is 0 Å². The minimum Gasteiger partial charge on any atom is -0.354 e. The number of halogens is 1. The number of aromatic nitrogens is 3. The molecule has 1 aromatic heterocycles. The maximum Gasteiger partial charge on any atom is 0.231 e. The molecule has 18 heavy (non-hydrogen) atoms. The topological polar surface area (TPSA) is 53.9 Å². The largest absolute Gasteiger partial charge is 0.354 e. The van der Waals surface area contributed by atoms with E-state index in [2.05, 4.69) is 41.0 Å². The van der Waals surface area contributed by atoms with Gasteiger partial charge in [-0.25, -0.2) is 0 Å². The van der Waals surface area contributed by atoms with Gasteiger partial charge in [-0.1, -0.05) is 27.2 Å². The Kier molecular flexibility index (Phi) is 6.12. The average Bonchev–Trinajstić information content (AvgIpc) is 2.35. The fourth-order valence-electron chi connectivity index (χ4n) is 1.50. The summed E-state index contributed by atoms with van der Waals surface area (Å²) < 4.78 is 0. The number of hydrogen-bond acceptors (Lipinski definition) is 5. The van der Waals surface area contributed by atoms with Crippen LogP contribution in [0.1, 0.15) is 33.6 Å². The van der Waals surface area contributed by atoms with Crippen molar-refractivity contribution in [2.45, 2.75) is 33.6 Å². The lowest BCUT2D eigenvalue weighted by Gasteiger charge is -2.21. The Morgan fingerprint density at radius 2 is 2.00 bits per heavy atom. The molecule has 0 fully saturated rings. The number of nitrogens with zero attached hydrogens (tertiary/aromatic N) is 4. The van der Waals surface area contributed by atoms with Crippen LogP contribution >= 0.6 is 11.6 Å². The molecule has 1 aromatic rings. The van der Waals surface area contributed by atoms with Gasteiger partial charge in [-0.2, -0.15) is 15.0 Å². The smallest absolute Gasteiger partial charge is 0.231 e. The third-order valence-corrected chi connectivity index (χ3v) is 2.92. The van der Waals surface area contributed by atoms with E-state index in [0.717, 1.165) is 25.9 Å². The average molecular weight is 272 g/mol. The Morgan fingerprint density at radius 1 is 1.28 bits per heavy atom. The first kappa shape index (κ1) is 15.0. The van der Waals surface area contributed by atoms with Crippen LogP contribution in [-0.4, -0.2) is 35.1 Å². The van der Waals surface area contributed by atoms with E-state index in [9.17, 15) is 0 Å². The molecule has 1 atom stereocenters. The molecule has 0 aromatic carbocycles. The van der Waals surface area contributed by atoms with Crippen LogP contribution in [-0.2, 0) is 0 Å². The molecule has 0 aliphatic heterocycles. The molecule has 1 rings (SSSR count). The van der Waals surface area contributed by atoms with Gasteiger partial charge in [0, 0.05) is 20.1 Å². The summed E-state index contributed by atoms with van der Waals surface area (Å²) in [4.78, 5) is 14.6. The van der Waals surface area contributed by atoms with Crippen molar-refractivity contribution < 1.29 is 0 Å². The Bertz CT molecular complexity index is 371. The van der Waals surface area contributed by atoms with Gasteiger partial charge in [0.05, 0.1) is 0 Å². The fraction of sp³-hybridized carbons (Fsp3) is 0.750. The normalized spacial score (nSPS) is 12.3. The minimum atomic E-state index is 0.231. The second-order valence-corrected chi connectivity index (χ2v) is 4.89. The quantitative estimate of drug-likeness (QED) is 0.826. The van der Waals surface area contributed by atoms with Crippen molar-refractivity contribution in [3.63, 3.8) is 0 Å². The standard InChI is InChI=1S/C12H22ClN5/c1-5-7-14-11-15-10(13)16-12(17-11)18(4)8-9(3)6-2/h9H,5-8H2,1-4H3,(H,14,15,16,17). The summed E-state index contributed by atoms with van der Waals surface area (Å²) >= 11 is 5.91. The van der Waals surface area contributed by atoms with Gasteiger partial charge in [-0.15, -0.1) is 0 Å². The first-order valence-electron chi connectivity index (χ1n) is 6.43. The van der Waals surface area contributed by atoms with Crippen molar-refractivity contribution in [2.75, 3.05) is 30.4 Å². The zero-order valence-electron chi connectivity index (χ0n) is 11.6. The van der Waals surface area contributed by atoms with Crippen molar-refractivity contribution in [1.82, 2.24) is 15.0 Å². The molecule has 1 heterocycles. The van der Waals surface area contributed by atoms with Crippen LogP contribution in [0.15, 0.2) is 0 Å². The summed E-state index contributed by atoms with van der Waals surface area (Å²) in [5.41, 5.74) is 0. The summed E-state index contributed by atoms with van der Waals surface area (Å²) in [5, 5.41) is 3.36. The van der Waals surface area contributed by atoms with E-state index in [1.165, 1.54) is 0 Å². The molecule has 0 amide bonds. The van der Waals surface area contributed by atoms with E-state index in [-0.39, 0.29) is 5.28 Å². The lowest BCUT2D eigenvalue weighted by Crippen LogP contribution is -2.26. The van der Waals surface area contributed by atoms with E-state index < -0.39 is 0 Å². The summed E-state index contributed by atoms with van der Waals surface area (Å²) in [7, 11) is 1.97. The fourth-order valence-corrected chi connectivity index (χ4v) is 1.66. The van der Waals surface area contributed by atoms with E-state index in [1.807, 2.05) is 11.9 Å². The van der Waals surface area contributed by atoms with Crippen LogP contribution in [0.5, 0.6) is 0 Å². The van der Waals surface area contributed by atoms with Gasteiger partial charge in [0.2, 0.25) is 17.2 Å². The number of hydrogen-bond donors (Lipinski definition) is 1. The van der Waals surface area contributed by atoms with Crippen LogP contribution < -0.4 is 10.2 Å².